The second-order valence-electron chi connectivity index (χ2n) is 4.08. The van der Waals surface area contributed by atoms with Crippen LogP contribution in [0.4, 0.5) is 0 Å². The lowest BCUT2D eigenvalue weighted by Gasteiger charge is -2.06. The predicted molar refractivity (Wildman–Crippen MR) is 70.9 cm³/mol. The summed E-state index contributed by atoms with van der Waals surface area (Å²) in [7, 11) is 1.56. The summed E-state index contributed by atoms with van der Waals surface area (Å²) in [6.45, 7) is 2.30. The van der Waals surface area contributed by atoms with Gasteiger partial charge in [0.15, 0.2) is 0 Å². The molecule has 2 heterocycles. The normalized spacial score (nSPS) is 10.0. The Morgan fingerprint density at radius 1 is 1.32 bits per heavy atom. The zero-order valence-electron chi connectivity index (χ0n) is 10.9. The van der Waals surface area contributed by atoms with Crippen LogP contribution in [0, 0.1) is 6.92 Å². The molecule has 0 saturated carbocycles. The van der Waals surface area contributed by atoms with Crippen LogP contribution >= 0.6 is 0 Å². The molecule has 2 aromatic heterocycles. The first-order valence-electron chi connectivity index (χ1n) is 5.89. The number of methoxy groups -OCH3 is 1. The average molecular weight is 257 g/mol. The smallest absolute Gasteiger partial charge is 0.253 e. The Hall–Kier alpha value is -2.43. The summed E-state index contributed by atoms with van der Waals surface area (Å²) in [5.41, 5.74) is 2.36. The number of hydrogen-bond donors (Lipinski definition) is 1. The highest BCUT2D eigenvalue weighted by Crippen LogP contribution is 2.08. The van der Waals surface area contributed by atoms with E-state index < -0.39 is 0 Å². The van der Waals surface area contributed by atoms with Gasteiger partial charge in [0.25, 0.3) is 5.91 Å². The van der Waals surface area contributed by atoms with Crippen LogP contribution in [0.1, 0.15) is 21.6 Å². The number of ether oxygens (including phenoxy) is 1. The van der Waals surface area contributed by atoms with Gasteiger partial charge in [0.05, 0.1) is 12.7 Å². The second-order valence-corrected chi connectivity index (χ2v) is 4.08. The minimum absolute atomic E-state index is 0.150. The second kappa shape index (κ2) is 5.95. The van der Waals surface area contributed by atoms with Crippen molar-refractivity contribution >= 4 is 5.91 Å². The molecule has 5 nitrogen and oxygen atoms in total. The quantitative estimate of drug-likeness (QED) is 0.905. The van der Waals surface area contributed by atoms with Crippen molar-refractivity contribution in [2.45, 2.75) is 13.5 Å². The fraction of sp³-hybridized carbons (Fsp3) is 0.214. The van der Waals surface area contributed by atoms with Crippen molar-refractivity contribution in [3.8, 4) is 5.88 Å². The van der Waals surface area contributed by atoms with Gasteiger partial charge in [-0.2, -0.15) is 0 Å². The molecule has 2 rings (SSSR count). The lowest BCUT2D eigenvalue weighted by atomic mass is 10.2. The van der Waals surface area contributed by atoms with Gasteiger partial charge in [-0.1, -0.05) is 0 Å². The Kier molecular flexibility index (Phi) is 4.07. The molecule has 5 heteroatoms. The Labute approximate surface area is 111 Å². The number of nitrogens with one attached hydrogen (secondary N) is 1. The number of nitrogens with zero attached hydrogens (tertiary/aromatic N) is 2. The third-order valence-electron chi connectivity index (χ3n) is 2.64. The van der Waals surface area contributed by atoms with Crippen molar-refractivity contribution in [2.75, 3.05) is 7.11 Å². The van der Waals surface area contributed by atoms with Crippen molar-refractivity contribution in [3.05, 3.63) is 53.5 Å². The molecule has 0 saturated heterocycles. The van der Waals surface area contributed by atoms with E-state index >= 15 is 0 Å². The van der Waals surface area contributed by atoms with Crippen molar-refractivity contribution in [3.63, 3.8) is 0 Å². The van der Waals surface area contributed by atoms with Gasteiger partial charge in [0, 0.05) is 30.7 Å². The summed E-state index contributed by atoms with van der Waals surface area (Å²) in [5, 5.41) is 2.82. The van der Waals surface area contributed by atoms with E-state index in [0.717, 1.165) is 11.3 Å². The molecule has 0 spiro atoms. The first-order chi connectivity index (χ1) is 9.19. The largest absolute Gasteiger partial charge is 0.481 e. The van der Waals surface area contributed by atoms with Gasteiger partial charge in [-0.15, -0.1) is 0 Å². The molecule has 0 fully saturated rings. The number of hydrogen-bond acceptors (Lipinski definition) is 4. The minimum Gasteiger partial charge on any atom is -0.481 e. The van der Waals surface area contributed by atoms with Crippen LogP contribution in [0.2, 0.25) is 0 Å². The molecule has 0 aliphatic carbocycles. The van der Waals surface area contributed by atoms with Crippen LogP contribution in [-0.4, -0.2) is 23.0 Å². The van der Waals surface area contributed by atoms with Crippen LogP contribution in [0.25, 0.3) is 0 Å². The molecule has 0 radical (unpaired) electrons. The maximum absolute atomic E-state index is 11.9. The molecule has 2 aromatic rings. The monoisotopic (exact) mass is 257 g/mol. The van der Waals surface area contributed by atoms with E-state index in [1.54, 1.807) is 31.6 Å². The molecule has 1 amide bonds. The van der Waals surface area contributed by atoms with Gasteiger partial charge >= 0.3 is 0 Å². The highest BCUT2D eigenvalue weighted by atomic mass is 16.5. The molecule has 0 aliphatic rings. The summed E-state index contributed by atoms with van der Waals surface area (Å²) in [5.74, 6) is 0.382. The number of pyridine rings is 2. The maximum atomic E-state index is 11.9. The van der Waals surface area contributed by atoms with Gasteiger partial charge in [-0.05, 0) is 30.7 Å². The predicted octanol–water partition coefficient (Wildman–Crippen LogP) is 1.72. The number of aromatic nitrogens is 2. The highest BCUT2D eigenvalue weighted by Gasteiger charge is 2.05. The van der Waals surface area contributed by atoms with Crippen molar-refractivity contribution in [1.82, 2.24) is 15.3 Å². The number of aryl methyl sites for hydroxylation is 1. The summed E-state index contributed by atoms with van der Waals surface area (Å²) >= 11 is 0. The summed E-state index contributed by atoms with van der Waals surface area (Å²) in [4.78, 5) is 20.0. The number of carbonyl (C=O) groups excluding carboxylic acids is 1. The zero-order chi connectivity index (χ0) is 13.7. The first-order valence-corrected chi connectivity index (χ1v) is 5.89. The minimum atomic E-state index is -0.150. The molecular formula is C14H15N3O2. The molecule has 0 atom stereocenters. The molecule has 0 unspecified atom stereocenters. The Balaban J connectivity index is 1.98. The standard InChI is InChI=1S/C14H15N3O2/c1-10-3-4-12(9-16-10)14(18)17-8-11-5-6-15-13(7-11)19-2/h3-7,9H,8H2,1-2H3,(H,17,18). The average Bonchev–Trinajstić information content (AvgIpc) is 2.46. The summed E-state index contributed by atoms with van der Waals surface area (Å²) in [6, 6.07) is 7.18. The molecule has 0 bridgehead atoms. The van der Waals surface area contributed by atoms with Gasteiger partial charge in [-0.3, -0.25) is 9.78 Å². The van der Waals surface area contributed by atoms with Crippen LogP contribution in [-0.2, 0) is 6.54 Å². The third-order valence-corrected chi connectivity index (χ3v) is 2.64. The molecule has 0 aromatic carbocycles. The van der Waals surface area contributed by atoms with Crippen LogP contribution in [0.3, 0.4) is 0 Å². The zero-order valence-corrected chi connectivity index (χ0v) is 10.9. The first kappa shape index (κ1) is 13.0. The molecular weight excluding hydrogens is 242 g/mol. The Bertz CT molecular complexity index is 567. The summed E-state index contributed by atoms with van der Waals surface area (Å²) in [6.07, 6.45) is 3.21. The van der Waals surface area contributed by atoms with Crippen LogP contribution in [0.15, 0.2) is 36.7 Å². The van der Waals surface area contributed by atoms with Gasteiger partial charge < -0.3 is 10.1 Å². The lowest BCUT2D eigenvalue weighted by molar-refractivity contribution is 0.0950. The van der Waals surface area contributed by atoms with E-state index in [9.17, 15) is 4.79 Å². The number of amides is 1. The van der Waals surface area contributed by atoms with Gasteiger partial charge in [0.2, 0.25) is 5.88 Å². The number of rotatable bonds is 4. The van der Waals surface area contributed by atoms with Crippen molar-refractivity contribution in [2.24, 2.45) is 0 Å². The maximum Gasteiger partial charge on any atom is 0.253 e. The van der Waals surface area contributed by atoms with E-state index in [2.05, 4.69) is 15.3 Å². The Morgan fingerprint density at radius 2 is 2.16 bits per heavy atom. The molecule has 19 heavy (non-hydrogen) atoms. The topological polar surface area (TPSA) is 64.1 Å². The van der Waals surface area contributed by atoms with Gasteiger partial charge in [0.1, 0.15) is 0 Å². The van der Waals surface area contributed by atoms with Crippen molar-refractivity contribution < 1.29 is 9.53 Å². The molecule has 98 valence electrons. The molecule has 1 N–H and O–H groups in total. The van der Waals surface area contributed by atoms with Crippen LogP contribution in [0.5, 0.6) is 5.88 Å². The highest BCUT2D eigenvalue weighted by molar-refractivity contribution is 5.93. The molecule has 0 aliphatic heterocycles. The van der Waals surface area contributed by atoms with E-state index in [1.807, 2.05) is 19.1 Å². The Morgan fingerprint density at radius 3 is 2.84 bits per heavy atom. The van der Waals surface area contributed by atoms with E-state index in [1.165, 1.54) is 0 Å². The van der Waals surface area contributed by atoms with Gasteiger partial charge in [-0.25, -0.2) is 4.98 Å². The number of carbonyl (C=O) groups is 1. The third kappa shape index (κ3) is 3.51. The van der Waals surface area contributed by atoms with E-state index in [4.69, 9.17) is 4.74 Å². The SMILES string of the molecule is COc1cc(CNC(=O)c2ccc(C)nc2)ccn1. The fourth-order valence-electron chi connectivity index (χ4n) is 1.56. The lowest BCUT2D eigenvalue weighted by Crippen LogP contribution is -2.23. The van der Waals surface area contributed by atoms with E-state index in [-0.39, 0.29) is 5.91 Å². The fourth-order valence-corrected chi connectivity index (χ4v) is 1.56. The summed E-state index contributed by atoms with van der Waals surface area (Å²) < 4.78 is 5.03. The van der Waals surface area contributed by atoms with Crippen LogP contribution < -0.4 is 10.1 Å². The van der Waals surface area contributed by atoms with Crippen molar-refractivity contribution in [1.29, 1.82) is 0 Å². The van der Waals surface area contributed by atoms with E-state index in [0.29, 0.717) is 18.0 Å².